The number of likely N-dealkylation sites (N-methyl/N-ethyl adjacent to an activating group) is 1. The lowest BCUT2D eigenvalue weighted by atomic mass is 10.00. The molecule has 0 amide bonds. The molecule has 0 aliphatic carbocycles. The Balaban J connectivity index is 1.90. The van der Waals surface area contributed by atoms with Gasteiger partial charge in [-0.2, -0.15) is 0 Å². The third-order valence-corrected chi connectivity index (χ3v) is 4.99. The van der Waals surface area contributed by atoms with E-state index in [1.54, 1.807) is 0 Å². The van der Waals surface area contributed by atoms with Crippen LogP contribution in [0.1, 0.15) is 5.56 Å². The molecule has 3 aromatic rings. The SMILES string of the molecule is Cc1c(N2CCN(C)CC2)nc(-c2ccccc2)c2ccccc12. The summed E-state index contributed by atoms with van der Waals surface area (Å²) in [7, 11) is 2.19. The van der Waals surface area contributed by atoms with Gasteiger partial charge >= 0.3 is 0 Å². The maximum atomic E-state index is 5.13. The number of hydrogen-bond acceptors (Lipinski definition) is 3. The summed E-state index contributed by atoms with van der Waals surface area (Å²) in [5.41, 5.74) is 3.56. The van der Waals surface area contributed by atoms with Crippen LogP contribution < -0.4 is 4.90 Å². The van der Waals surface area contributed by atoms with Gasteiger partial charge in [-0.1, -0.05) is 54.6 Å². The van der Waals surface area contributed by atoms with Crippen LogP contribution >= 0.6 is 0 Å². The number of aromatic nitrogens is 1. The first-order valence-corrected chi connectivity index (χ1v) is 8.62. The Morgan fingerprint density at radius 3 is 2.12 bits per heavy atom. The summed E-state index contributed by atoms with van der Waals surface area (Å²) < 4.78 is 0. The second kappa shape index (κ2) is 6.25. The molecule has 122 valence electrons. The van der Waals surface area contributed by atoms with Gasteiger partial charge in [-0.15, -0.1) is 0 Å². The highest BCUT2D eigenvalue weighted by molar-refractivity contribution is 5.98. The molecule has 3 nitrogen and oxygen atoms in total. The Labute approximate surface area is 143 Å². The number of pyridine rings is 1. The summed E-state index contributed by atoms with van der Waals surface area (Å²) in [6, 6.07) is 19.2. The predicted octanol–water partition coefficient (Wildman–Crippen LogP) is 3.96. The zero-order valence-corrected chi connectivity index (χ0v) is 14.4. The number of piperazine rings is 1. The summed E-state index contributed by atoms with van der Waals surface area (Å²) in [6.45, 7) is 6.47. The molecular weight excluding hydrogens is 294 g/mol. The van der Waals surface area contributed by atoms with E-state index < -0.39 is 0 Å². The third-order valence-electron chi connectivity index (χ3n) is 4.99. The van der Waals surface area contributed by atoms with E-state index >= 15 is 0 Å². The minimum Gasteiger partial charge on any atom is -0.354 e. The van der Waals surface area contributed by atoms with Crippen molar-refractivity contribution in [1.82, 2.24) is 9.88 Å². The second-order valence-corrected chi connectivity index (χ2v) is 6.61. The van der Waals surface area contributed by atoms with Gasteiger partial charge in [0.15, 0.2) is 0 Å². The summed E-state index contributed by atoms with van der Waals surface area (Å²) in [4.78, 5) is 9.95. The Hall–Kier alpha value is -2.39. The van der Waals surface area contributed by atoms with Crippen molar-refractivity contribution >= 4 is 16.6 Å². The van der Waals surface area contributed by atoms with E-state index in [1.165, 1.54) is 21.9 Å². The van der Waals surface area contributed by atoms with E-state index in [0.29, 0.717) is 0 Å². The highest BCUT2D eigenvalue weighted by Gasteiger charge is 2.20. The molecular formula is C21H23N3. The van der Waals surface area contributed by atoms with Gasteiger partial charge in [0.05, 0.1) is 5.69 Å². The third kappa shape index (κ3) is 2.65. The van der Waals surface area contributed by atoms with Crippen LogP contribution in [0.3, 0.4) is 0 Å². The van der Waals surface area contributed by atoms with Crippen molar-refractivity contribution in [2.75, 3.05) is 38.1 Å². The van der Waals surface area contributed by atoms with Crippen molar-refractivity contribution in [3.05, 3.63) is 60.2 Å². The summed E-state index contributed by atoms with van der Waals surface area (Å²) in [5, 5.41) is 2.54. The summed E-state index contributed by atoms with van der Waals surface area (Å²) in [6.07, 6.45) is 0. The largest absolute Gasteiger partial charge is 0.354 e. The first-order chi connectivity index (χ1) is 11.7. The molecule has 0 atom stereocenters. The van der Waals surface area contributed by atoms with Gasteiger partial charge in [0, 0.05) is 37.1 Å². The zero-order valence-electron chi connectivity index (χ0n) is 14.4. The van der Waals surface area contributed by atoms with Crippen LogP contribution in [0.15, 0.2) is 54.6 Å². The number of rotatable bonds is 2. The van der Waals surface area contributed by atoms with E-state index in [0.717, 1.165) is 37.7 Å². The van der Waals surface area contributed by atoms with Gasteiger partial charge in [0.2, 0.25) is 0 Å². The van der Waals surface area contributed by atoms with Crippen molar-refractivity contribution in [3.8, 4) is 11.3 Å². The fourth-order valence-corrected chi connectivity index (χ4v) is 3.53. The van der Waals surface area contributed by atoms with E-state index in [-0.39, 0.29) is 0 Å². The van der Waals surface area contributed by atoms with Crippen LogP contribution in [-0.2, 0) is 0 Å². The fourth-order valence-electron chi connectivity index (χ4n) is 3.53. The molecule has 0 radical (unpaired) electrons. The van der Waals surface area contributed by atoms with Crippen LogP contribution in [0.4, 0.5) is 5.82 Å². The van der Waals surface area contributed by atoms with E-state index in [1.807, 2.05) is 0 Å². The molecule has 1 saturated heterocycles. The quantitative estimate of drug-likeness (QED) is 0.713. The Morgan fingerprint density at radius 1 is 0.792 bits per heavy atom. The molecule has 0 unspecified atom stereocenters. The van der Waals surface area contributed by atoms with Crippen molar-refractivity contribution in [1.29, 1.82) is 0 Å². The van der Waals surface area contributed by atoms with Crippen LogP contribution in [0, 0.1) is 6.92 Å². The minimum atomic E-state index is 1.04. The lowest BCUT2D eigenvalue weighted by Gasteiger charge is -2.34. The van der Waals surface area contributed by atoms with Gasteiger partial charge in [-0.3, -0.25) is 0 Å². The standard InChI is InChI=1S/C21H23N3/c1-16-18-10-6-7-11-19(18)20(17-8-4-3-5-9-17)22-21(16)24-14-12-23(2)13-15-24/h3-11H,12-15H2,1-2H3. The molecule has 0 N–H and O–H groups in total. The van der Waals surface area contributed by atoms with Crippen LogP contribution in [0.2, 0.25) is 0 Å². The predicted molar refractivity (Wildman–Crippen MR) is 102 cm³/mol. The molecule has 0 bridgehead atoms. The van der Waals surface area contributed by atoms with Crippen molar-refractivity contribution < 1.29 is 0 Å². The maximum absolute atomic E-state index is 5.13. The normalized spacial score (nSPS) is 15.8. The van der Waals surface area contributed by atoms with Gasteiger partial charge in [0.25, 0.3) is 0 Å². The van der Waals surface area contributed by atoms with E-state index in [9.17, 15) is 0 Å². The zero-order chi connectivity index (χ0) is 16.5. The molecule has 1 aliphatic heterocycles. The lowest BCUT2D eigenvalue weighted by molar-refractivity contribution is 0.312. The molecule has 0 spiro atoms. The average Bonchev–Trinajstić information content (AvgIpc) is 2.64. The molecule has 4 rings (SSSR count). The fraction of sp³-hybridized carbons (Fsp3) is 0.286. The van der Waals surface area contributed by atoms with Crippen molar-refractivity contribution in [2.45, 2.75) is 6.92 Å². The van der Waals surface area contributed by atoms with Crippen LogP contribution in [-0.4, -0.2) is 43.1 Å². The average molecular weight is 317 g/mol. The number of hydrogen-bond donors (Lipinski definition) is 0. The number of nitrogens with zero attached hydrogens (tertiary/aromatic N) is 3. The Bertz CT molecular complexity index is 850. The molecule has 24 heavy (non-hydrogen) atoms. The lowest BCUT2D eigenvalue weighted by Crippen LogP contribution is -2.45. The second-order valence-electron chi connectivity index (χ2n) is 6.61. The van der Waals surface area contributed by atoms with Crippen molar-refractivity contribution in [3.63, 3.8) is 0 Å². The molecule has 3 heteroatoms. The van der Waals surface area contributed by atoms with Gasteiger partial charge in [0.1, 0.15) is 5.82 Å². The number of anilines is 1. The number of benzene rings is 2. The summed E-state index contributed by atoms with van der Waals surface area (Å²) >= 11 is 0. The topological polar surface area (TPSA) is 19.4 Å². The number of fused-ring (bicyclic) bond motifs is 1. The smallest absolute Gasteiger partial charge is 0.132 e. The molecule has 0 saturated carbocycles. The minimum absolute atomic E-state index is 1.04. The maximum Gasteiger partial charge on any atom is 0.132 e. The van der Waals surface area contributed by atoms with Gasteiger partial charge in [-0.05, 0) is 24.9 Å². The Morgan fingerprint density at radius 2 is 1.42 bits per heavy atom. The van der Waals surface area contributed by atoms with Crippen molar-refractivity contribution in [2.24, 2.45) is 0 Å². The van der Waals surface area contributed by atoms with E-state index in [4.69, 9.17) is 4.98 Å². The molecule has 1 aromatic heterocycles. The van der Waals surface area contributed by atoms with Gasteiger partial charge < -0.3 is 9.80 Å². The van der Waals surface area contributed by atoms with Crippen LogP contribution in [0.5, 0.6) is 0 Å². The molecule has 2 aromatic carbocycles. The molecule has 1 fully saturated rings. The van der Waals surface area contributed by atoms with Gasteiger partial charge in [-0.25, -0.2) is 4.98 Å². The Kier molecular flexibility index (Phi) is 3.95. The highest BCUT2D eigenvalue weighted by Crippen LogP contribution is 2.34. The summed E-state index contributed by atoms with van der Waals surface area (Å²) in [5.74, 6) is 1.14. The molecule has 1 aliphatic rings. The first kappa shape index (κ1) is 15.2. The molecule has 2 heterocycles. The first-order valence-electron chi connectivity index (χ1n) is 8.62. The monoisotopic (exact) mass is 317 g/mol. The number of aryl methyl sites for hydroxylation is 1. The highest BCUT2D eigenvalue weighted by atomic mass is 15.3. The van der Waals surface area contributed by atoms with Crippen LogP contribution in [0.25, 0.3) is 22.0 Å². The van der Waals surface area contributed by atoms with E-state index in [2.05, 4.69) is 78.4 Å².